The Kier molecular flexibility index (Phi) is 6.24. The van der Waals surface area contributed by atoms with Crippen LogP contribution in [0.2, 0.25) is 0 Å². The van der Waals surface area contributed by atoms with Crippen LogP contribution in [-0.4, -0.2) is 11.5 Å². The molecule has 0 atom stereocenters. The molecule has 0 aliphatic carbocycles. The molecular formula is C23H20OS. The number of benzene rings is 3. The van der Waals surface area contributed by atoms with Crippen molar-refractivity contribution in [1.82, 2.24) is 0 Å². The summed E-state index contributed by atoms with van der Waals surface area (Å²) in [7, 11) is 0. The molecule has 2 heteroatoms. The number of thioether (sulfide) groups is 1. The lowest BCUT2D eigenvalue weighted by molar-refractivity contribution is 0.104. The minimum absolute atomic E-state index is 0.0478. The summed E-state index contributed by atoms with van der Waals surface area (Å²) in [6.45, 7) is 0. The van der Waals surface area contributed by atoms with E-state index in [1.165, 1.54) is 5.56 Å². The average Bonchev–Trinajstić information content (AvgIpc) is 2.68. The van der Waals surface area contributed by atoms with Crippen LogP contribution in [0.15, 0.2) is 95.9 Å². The Morgan fingerprint density at radius 3 is 2.20 bits per heavy atom. The largest absolute Gasteiger partial charge is 0.289 e. The SMILES string of the molecule is O=C(/C=C/c1ccccc1)c1ccccc1SCCc1ccccc1. The third kappa shape index (κ3) is 5.20. The van der Waals surface area contributed by atoms with Crippen LogP contribution >= 0.6 is 11.8 Å². The molecule has 3 aromatic carbocycles. The fourth-order valence-electron chi connectivity index (χ4n) is 2.55. The number of ketones is 1. The summed E-state index contributed by atoms with van der Waals surface area (Å²) in [6.07, 6.45) is 4.52. The summed E-state index contributed by atoms with van der Waals surface area (Å²) in [4.78, 5) is 13.6. The van der Waals surface area contributed by atoms with E-state index in [0.717, 1.165) is 28.2 Å². The van der Waals surface area contributed by atoms with Gasteiger partial charge in [0.15, 0.2) is 5.78 Å². The normalized spacial score (nSPS) is 10.9. The molecule has 0 unspecified atom stereocenters. The van der Waals surface area contributed by atoms with Gasteiger partial charge in [0.2, 0.25) is 0 Å². The van der Waals surface area contributed by atoms with Crippen LogP contribution in [0.5, 0.6) is 0 Å². The smallest absolute Gasteiger partial charge is 0.186 e. The van der Waals surface area contributed by atoms with E-state index in [1.54, 1.807) is 17.8 Å². The lowest BCUT2D eigenvalue weighted by Gasteiger charge is -2.07. The summed E-state index contributed by atoms with van der Waals surface area (Å²) >= 11 is 1.74. The monoisotopic (exact) mass is 344 g/mol. The van der Waals surface area contributed by atoms with Gasteiger partial charge in [-0.1, -0.05) is 78.9 Å². The predicted octanol–water partition coefficient (Wildman–Crippen LogP) is 5.92. The van der Waals surface area contributed by atoms with Crippen molar-refractivity contribution in [3.8, 4) is 0 Å². The lowest BCUT2D eigenvalue weighted by atomic mass is 10.1. The first-order chi connectivity index (χ1) is 12.3. The minimum atomic E-state index is 0.0478. The lowest BCUT2D eigenvalue weighted by Crippen LogP contribution is -1.98. The second kappa shape index (κ2) is 9.05. The van der Waals surface area contributed by atoms with Gasteiger partial charge in [0.05, 0.1) is 0 Å². The molecule has 0 spiro atoms. The van der Waals surface area contributed by atoms with E-state index in [4.69, 9.17) is 0 Å². The number of hydrogen-bond donors (Lipinski definition) is 0. The number of carbonyl (C=O) groups is 1. The van der Waals surface area contributed by atoms with Crippen molar-refractivity contribution in [2.45, 2.75) is 11.3 Å². The molecule has 3 rings (SSSR count). The highest BCUT2D eigenvalue weighted by molar-refractivity contribution is 7.99. The van der Waals surface area contributed by atoms with Gasteiger partial charge in [-0.3, -0.25) is 4.79 Å². The maximum absolute atomic E-state index is 12.6. The number of carbonyl (C=O) groups excluding carboxylic acids is 1. The summed E-state index contributed by atoms with van der Waals surface area (Å²) in [5.41, 5.74) is 3.13. The topological polar surface area (TPSA) is 17.1 Å². The molecule has 0 radical (unpaired) electrons. The van der Waals surface area contributed by atoms with Crippen molar-refractivity contribution in [3.05, 3.63) is 108 Å². The Labute approximate surface area is 153 Å². The van der Waals surface area contributed by atoms with Crippen molar-refractivity contribution in [1.29, 1.82) is 0 Å². The summed E-state index contributed by atoms with van der Waals surface area (Å²) in [5, 5.41) is 0. The van der Waals surface area contributed by atoms with E-state index in [2.05, 4.69) is 24.3 Å². The number of hydrogen-bond acceptors (Lipinski definition) is 2. The third-order valence-electron chi connectivity index (χ3n) is 3.87. The summed E-state index contributed by atoms with van der Waals surface area (Å²) in [6, 6.07) is 28.2. The fourth-order valence-corrected chi connectivity index (χ4v) is 3.60. The van der Waals surface area contributed by atoms with Crippen molar-refractivity contribution in [2.75, 3.05) is 5.75 Å². The fraction of sp³-hybridized carbons (Fsp3) is 0.0870. The second-order valence-electron chi connectivity index (χ2n) is 5.69. The first kappa shape index (κ1) is 17.2. The van der Waals surface area contributed by atoms with Crippen molar-refractivity contribution in [2.24, 2.45) is 0 Å². The average molecular weight is 344 g/mol. The van der Waals surface area contributed by atoms with Crippen molar-refractivity contribution in [3.63, 3.8) is 0 Å². The van der Waals surface area contributed by atoms with E-state index < -0.39 is 0 Å². The van der Waals surface area contributed by atoms with Crippen LogP contribution in [0, 0.1) is 0 Å². The van der Waals surface area contributed by atoms with E-state index in [0.29, 0.717) is 0 Å². The van der Waals surface area contributed by atoms with E-state index in [9.17, 15) is 4.79 Å². The van der Waals surface area contributed by atoms with Gasteiger partial charge in [0.25, 0.3) is 0 Å². The molecule has 0 saturated heterocycles. The molecule has 0 saturated carbocycles. The first-order valence-corrected chi connectivity index (χ1v) is 9.35. The van der Waals surface area contributed by atoms with Gasteiger partial charge in [-0.25, -0.2) is 0 Å². The van der Waals surface area contributed by atoms with Gasteiger partial charge in [-0.05, 0) is 35.8 Å². The number of rotatable bonds is 7. The standard InChI is InChI=1S/C23H20OS/c24-22(16-15-19-9-3-1-4-10-19)21-13-7-8-14-23(21)25-18-17-20-11-5-2-6-12-20/h1-16H,17-18H2/b16-15+. The van der Waals surface area contributed by atoms with Crippen LogP contribution in [0.3, 0.4) is 0 Å². The highest BCUT2D eigenvalue weighted by Gasteiger charge is 2.08. The van der Waals surface area contributed by atoms with Gasteiger partial charge >= 0.3 is 0 Å². The molecule has 1 nitrogen and oxygen atoms in total. The summed E-state index contributed by atoms with van der Waals surface area (Å²) in [5.74, 6) is 1.00. The van der Waals surface area contributed by atoms with Crippen molar-refractivity contribution >= 4 is 23.6 Å². The zero-order valence-electron chi connectivity index (χ0n) is 14.0. The Bertz CT molecular complexity index is 838. The predicted molar refractivity (Wildman–Crippen MR) is 107 cm³/mol. The molecular weight excluding hydrogens is 324 g/mol. The van der Waals surface area contributed by atoms with Crippen LogP contribution < -0.4 is 0 Å². The summed E-state index contributed by atoms with van der Waals surface area (Å²) < 4.78 is 0. The molecule has 0 aliphatic heterocycles. The van der Waals surface area contributed by atoms with Crippen molar-refractivity contribution < 1.29 is 4.79 Å². The second-order valence-corrected chi connectivity index (χ2v) is 6.83. The van der Waals surface area contributed by atoms with Crippen LogP contribution in [0.4, 0.5) is 0 Å². The Morgan fingerprint density at radius 2 is 1.44 bits per heavy atom. The Balaban J connectivity index is 1.66. The molecule has 3 aromatic rings. The molecule has 0 N–H and O–H groups in total. The molecule has 25 heavy (non-hydrogen) atoms. The molecule has 124 valence electrons. The van der Waals surface area contributed by atoms with Gasteiger partial charge in [-0.2, -0.15) is 0 Å². The van der Waals surface area contributed by atoms with E-state index in [1.807, 2.05) is 66.7 Å². The van der Waals surface area contributed by atoms with E-state index >= 15 is 0 Å². The number of aryl methyl sites for hydroxylation is 1. The van der Waals surface area contributed by atoms with Gasteiger partial charge < -0.3 is 0 Å². The highest BCUT2D eigenvalue weighted by Crippen LogP contribution is 2.24. The first-order valence-electron chi connectivity index (χ1n) is 8.36. The third-order valence-corrected chi connectivity index (χ3v) is 4.95. The molecule has 0 aromatic heterocycles. The highest BCUT2D eigenvalue weighted by atomic mass is 32.2. The van der Waals surface area contributed by atoms with Crippen LogP contribution in [-0.2, 0) is 6.42 Å². The molecule has 0 bridgehead atoms. The molecule has 0 fully saturated rings. The Hall–Kier alpha value is -2.58. The van der Waals surface area contributed by atoms with Gasteiger partial charge in [-0.15, -0.1) is 11.8 Å². The van der Waals surface area contributed by atoms with E-state index in [-0.39, 0.29) is 5.78 Å². The van der Waals surface area contributed by atoms with Crippen LogP contribution in [0.25, 0.3) is 6.08 Å². The van der Waals surface area contributed by atoms with Crippen LogP contribution in [0.1, 0.15) is 21.5 Å². The number of allylic oxidation sites excluding steroid dienone is 1. The maximum atomic E-state index is 12.6. The minimum Gasteiger partial charge on any atom is -0.289 e. The zero-order chi connectivity index (χ0) is 17.3. The van der Waals surface area contributed by atoms with Gasteiger partial charge in [0, 0.05) is 16.2 Å². The quantitative estimate of drug-likeness (QED) is 0.301. The van der Waals surface area contributed by atoms with Gasteiger partial charge in [0.1, 0.15) is 0 Å². The molecule has 0 aliphatic rings. The zero-order valence-corrected chi connectivity index (χ0v) is 14.8. The maximum Gasteiger partial charge on any atom is 0.186 e. The molecule has 0 heterocycles. The molecule has 0 amide bonds. The Morgan fingerprint density at radius 1 is 0.800 bits per heavy atom.